The number of thioether (sulfide) groups is 1. The summed E-state index contributed by atoms with van der Waals surface area (Å²) >= 11 is 1.93. The second-order valence-electron chi connectivity index (χ2n) is 5.29. The normalized spacial score (nSPS) is 37.8. The highest BCUT2D eigenvalue weighted by Gasteiger charge is 2.30. The summed E-state index contributed by atoms with van der Waals surface area (Å²) in [5, 5.41) is 4.29. The van der Waals surface area contributed by atoms with Crippen molar-refractivity contribution >= 4 is 21.6 Å². The molecular formula is C12H23NO2S2. The van der Waals surface area contributed by atoms with Crippen molar-refractivity contribution in [1.29, 1.82) is 0 Å². The summed E-state index contributed by atoms with van der Waals surface area (Å²) in [5.74, 6) is 0.742. The van der Waals surface area contributed by atoms with Gasteiger partial charge in [0.15, 0.2) is 9.84 Å². The van der Waals surface area contributed by atoms with Gasteiger partial charge < -0.3 is 5.32 Å². The van der Waals surface area contributed by atoms with Gasteiger partial charge in [-0.25, -0.2) is 8.42 Å². The van der Waals surface area contributed by atoms with Crippen LogP contribution in [-0.4, -0.2) is 43.5 Å². The number of sulfone groups is 1. The first-order chi connectivity index (χ1) is 8.11. The van der Waals surface area contributed by atoms with Crippen LogP contribution >= 0.6 is 11.8 Å². The van der Waals surface area contributed by atoms with E-state index in [4.69, 9.17) is 0 Å². The maximum Gasteiger partial charge on any atom is 0.151 e. The predicted molar refractivity (Wildman–Crippen MR) is 74.4 cm³/mol. The van der Waals surface area contributed by atoms with Crippen LogP contribution in [0.15, 0.2) is 0 Å². The van der Waals surface area contributed by atoms with Crippen LogP contribution in [0.1, 0.15) is 38.5 Å². The van der Waals surface area contributed by atoms with Crippen molar-refractivity contribution < 1.29 is 8.42 Å². The van der Waals surface area contributed by atoms with Crippen molar-refractivity contribution in [2.75, 3.05) is 17.8 Å². The van der Waals surface area contributed by atoms with Crippen LogP contribution < -0.4 is 5.32 Å². The Bertz CT molecular complexity index is 342. The van der Waals surface area contributed by atoms with E-state index in [2.05, 4.69) is 11.6 Å². The Morgan fingerprint density at radius 1 is 1.12 bits per heavy atom. The third-order valence-corrected chi connectivity index (χ3v) is 6.91. The molecule has 0 bridgehead atoms. The molecule has 0 aromatic rings. The van der Waals surface area contributed by atoms with Gasteiger partial charge in [-0.2, -0.15) is 11.8 Å². The monoisotopic (exact) mass is 277 g/mol. The first-order valence-corrected chi connectivity index (χ1v) is 9.71. The number of hydrogen-bond acceptors (Lipinski definition) is 4. The van der Waals surface area contributed by atoms with E-state index in [9.17, 15) is 8.42 Å². The highest BCUT2D eigenvalue weighted by atomic mass is 32.2. The first kappa shape index (κ1) is 13.7. The maximum atomic E-state index is 11.6. The van der Waals surface area contributed by atoms with Gasteiger partial charge in [0.05, 0.1) is 11.5 Å². The van der Waals surface area contributed by atoms with Crippen molar-refractivity contribution in [3.8, 4) is 0 Å². The van der Waals surface area contributed by atoms with Gasteiger partial charge in [-0.15, -0.1) is 0 Å². The summed E-state index contributed by atoms with van der Waals surface area (Å²) < 4.78 is 23.2. The SMILES string of the molecule is CSC1CCCCC1NC1CCCS(=O)(=O)C1. The average molecular weight is 277 g/mol. The molecule has 1 aliphatic heterocycles. The smallest absolute Gasteiger partial charge is 0.151 e. The Hall–Kier alpha value is 0.260. The number of hydrogen-bond donors (Lipinski definition) is 1. The van der Waals surface area contributed by atoms with Crippen LogP contribution in [0, 0.1) is 0 Å². The molecule has 2 rings (SSSR count). The molecule has 3 unspecified atom stereocenters. The highest BCUT2D eigenvalue weighted by Crippen LogP contribution is 2.28. The lowest BCUT2D eigenvalue weighted by atomic mass is 9.94. The fraction of sp³-hybridized carbons (Fsp3) is 1.00. The Balaban J connectivity index is 1.90. The van der Waals surface area contributed by atoms with Crippen molar-refractivity contribution in [3.63, 3.8) is 0 Å². The van der Waals surface area contributed by atoms with Gasteiger partial charge in [0.1, 0.15) is 0 Å². The van der Waals surface area contributed by atoms with E-state index >= 15 is 0 Å². The zero-order valence-corrected chi connectivity index (χ0v) is 12.2. The van der Waals surface area contributed by atoms with Crippen molar-refractivity contribution in [1.82, 2.24) is 5.32 Å². The lowest BCUT2D eigenvalue weighted by Crippen LogP contribution is -2.50. The van der Waals surface area contributed by atoms with E-state index in [0.717, 1.165) is 12.8 Å². The molecule has 100 valence electrons. The minimum absolute atomic E-state index is 0.200. The summed E-state index contributed by atoms with van der Waals surface area (Å²) in [6.07, 6.45) is 9.12. The summed E-state index contributed by atoms with van der Waals surface area (Å²) in [7, 11) is -2.78. The largest absolute Gasteiger partial charge is 0.309 e. The molecular weight excluding hydrogens is 254 g/mol. The molecule has 1 aliphatic carbocycles. The van der Waals surface area contributed by atoms with Gasteiger partial charge in [-0.1, -0.05) is 12.8 Å². The van der Waals surface area contributed by atoms with Gasteiger partial charge in [-0.05, 0) is 31.9 Å². The van der Waals surface area contributed by atoms with Crippen LogP contribution in [-0.2, 0) is 9.84 Å². The third-order valence-electron chi connectivity index (χ3n) is 3.92. The van der Waals surface area contributed by atoms with Crippen LogP contribution in [0.3, 0.4) is 0 Å². The predicted octanol–water partition coefficient (Wildman–Crippen LogP) is 1.83. The van der Waals surface area contributed by atoms with Crippen LogP contribution in [0.25, 0.3) is 0 Å². The Morgan fingerprint density at radius 2 is 1.88 bits per heavy atom. The van der Waals surface area contributed by atoms with Crippen molar-refractivity contribution in [2.45, 2.75) is 55.9 Å². The van der Waals surface area contributed by atoms with E-state index in [1.54, 1.807) is 0 Å². The van der Waals surface area contributed by atoms with E-state index < -0.39 is 9.84 Å². The molecule has 1 heterocycles. The molecule has 2 aliphatic rings. The first-order valence-electron chi connectivity index (χ1n) is 6.60. The molecule has 3 atom stereocenters. The standard InChI is InChI=1S/C12H23NO2S2/c1-16-12-7-3-2-6-11(12)13-10-5-4-8-17(14,15)9-10/h10-13H,2-9H2,1H3. The molecule has 3 nitrogen and oxygen atoms in total. The summed E-state index contributed by atoms with van der Waals surface area (Å²) in [5.41, 5.74) is 0. The molecule has 1 saturated heterocycles. The van der Waals surface area contributed by atoms with Crippen LogP contribution in [0.4, 0.5) is 0 Å². The Labute approximate surface area is 109 Å². The quantitative estimate of drug-likeness (QED) is 0.855. The maximum absolute atomic E-state index is 11.6. The summed E-state index contributed by atoms with van der Waals surface area (Å²) in [6, 6.07) is 0.726. The van der Waals surface area contributed by atoms with E-state index in [1.807, 2.05) is 11.8 Å². The Kier molecular flexibility index (Phi) is 4.78. The molecule has 1 N–H and O–H groups in total. The fourth-order valence-electron chi connectivity index (χ4n) is 3.03. The Morgan fingerprint density at radius 3 is 2.59 bits per heavy atom. The zero-order valence-electron chi connectivity index (χ0n) is 10.5. The molecule has 0 spiro atoms. The topological polar surface area (TPSA) is 46.2 Å². The average Bonchev–Trinajstić information content (AvgIpc) is 2.28. The molecule has 1 saturated carbocycles. The van der Waals surface area contributed by atoms with Crippen molar-refractivity contribution in [2.24, 2.45) is 0 Å². The van der Waals surface area contributed by atoms with Crippen LogP contribution in [0.2, 0.25) is 0 Å². The van der Waals surface area contributed by atoms with Crippen molar-refractivity contribution in [3.05, 3.63) is 0 Å². The molecule has 0 aromatic carbocycles. The minimum atomic E-state index is -2.78. The van der Waals surface area contributed by atoms with Gasteiger partial charge in [-0.3, -0.25) is 0 Å². The highest BCUT2D eigenvalue weighted by molar-refractivity contribution is 7.99. The van der Waals surface area contributed by atoms with Crippen LogP contribution in [0.5, 0.6) is 0 Å². The van der Waals surface area contributed by atoms with Gasteiger partial charge in [0, 0.05) is 17.3 Å². The van der Waals surface area contributed by atoms with Gasteiger partial charge in [0.25, 0.3) is 0 Å². The minimum Gasteiger partial charge on any atom is -0.309 e. The third kappa shape index (κ3) is 3.86. The summed E-state index contributed by atoms with van der Waals surface area (Å²) in [4.78, 5) is 0. The van der Waals surface area contributed by atoms with Gasteiger partial charge >= 0.3 is 0 Å². The molecule has 17 heavy (non-hydrogen) atoms. The van der Waals surface area contributed by atoms with E-state index in [1.165, 1.54) is 25.7 Å². The summed E-state index contributed by atoms with van der Waals surface area (Å²) in [6.45, 7) is 0. The lowest BCUT2D eigenvalue weighted by molar-refractivity contribution is 0.341. The second kappa shape index (κ2) is 5.93. The molecule has 0 amide bonds. The zero-order chi connectivity index (χ0) is 12.3. The fourth-order valence-corrected chi connectivity index (χ4v) is 5.62. The van der Waals surface area contributed by atoms with E-state index in [0.29, 0.717) is 22.8 Å². The molecule has 0 radical (unpaired) electrons. The van der Waals surface area contributed by atoms with E-state index in [-0.39, 0.29) is 6.04 Å². The molecule has 0 aromatic heterocycles. The number of nitrogens with one attached hydrogen (secondary N) is 1. The molecule has 2 fully saturated rings. The molecule has 5 heteroatoms. The lowest BCUT2D eigenvalue weighted by Gasteiger charge is -2.35. The second-order valence-corrected chi connectivity index (χ2v) is 8.59. The van der Waals surface area contributed by atoms with Gasteiger partial charge in [0.2, 0.25) is 0 Å². The number of rotatable bonds is 3.